The number of aromatic amines is 1. The van der Waals surface area contributed by atoms with Crippen LogP contribution in [0.2, 0.25) is 0 Å². The highest BCUT2D eigenvalue weighted by molar-refractivity contribution is 5.90. The van der Waals surface area contributed by atoms with Crippen molar-refractivity contribution >= 4 is 40.2 Å². The number of rotatable bonds is 0. The molecule has 9 nitrogen and oxygen atoms in total. The van der Waals surface area contributed by atoms with Crippen molar-refractivity contribution < 1.29 is 42.1 Å². The first-order valence-electron chi connectivity index (χ1n) is 13.1. The van der Waals surface area contributed by atoms with Crippen LogP contribution < -0.4 is 0 Å². The lowest BCUT2D eigenvalue weighted by molar-refractivity contribution is -0.0294. The first-order chi connectivity index (χ1) is 19.3. The minimum absolute atomic E-state index is 0.192. The number of carbonyl (C=O) groups excluding carboxylic acids is 3. The van der Waals surface area contributed by atoms with Gasteiger partial charge in [0.2, 0.25) is 0 Å². The van der Waals surface area contributed by atoms with Crippen LogP contribution in [0.1, 0.15) is 62.3 Å². The summed E-state index contributed by atoms with van der Waals surface area (Å²) in [4.78, 5) is 36.7. The van der Waals surface area contributed by atoms with E-state index in [2.05, 4.69) is 9.72 Å². The largest absolute Gasteiger partial charge is 0.519 e. The zero-order valence-corrected chi connectivity index (χ0v) is 25.3. The van der Waals surface area contributed by atoms with Crippen molar-refractivity contribution in [2.45, 2.75) is 79.1 Å². The zero-order valence-electron chi connectivity index (χ0n) is 25.3. The number of para-hydroxylation sites is 2. The molecule has 0 amide bonds. The third-order valence-corrected chi connectivity index (χ3v) is 4.73. The Morgan fingerprint density at radius 2 is 1.17 bits per heavy atom. The molecule has 0 aliphatic carbocycles. The van der Waals surface area contributed by atoms with Crippen molar-refractivity contribution in [1.82, 2.24) is 9.55 Å². The van der Waals surface area contributed by atoms with E-state index in [1.54, 1.807) is 92.8 Å². The lowest BCUT2D eigenvalue weighted by atomic mass is 10.2. The summed E-state index contributed by atoms with van der Waals surface area (Å²) in [7, 11) is 0. The fourth-order valence-corrected chi connectivity index (χ4v) is 3.27. The number of nitrogens with zero attached hydrogens (tertiary/aromatic N) is 1. The maximum atomic E-state index is 13.6. The van der Waals surface area contributed by atoms with Gasteiger partial charge in [-0.05, 0) is 86.6 Å². The van der Waals surface area contributed by atoms with E-state index in [9.17, 15) is 23.2 Å². The van der Waals surface area contributed by atoms with Gasteiger partial charge in [0.25, 0.3) is 0 Å². The van der Waals surface area contributed by atoms with Crippen LogP contribution in [0.3, 0.4) is 0 Å². The molecular weight excluding hydrogens is 550 g/mol. The van der Waals surface area contributed by atoms with Crippen molar-refractivity contribution in [3.63, 3.8) is 0 Å². The second kappa shape index (κ2) is 13.5. The first-order valence-corrected chi connectivity index (χ1v) is 13.1. The summed E-state index contributed by atoms with van der Waals surface area (Å²) in [6.45, 7) is 15.3. The van der Waals surface area contributed by atoms with Gasteiger partial charge < -0.3 is 23.9 Å². The third-order valence-electron chi connectivity index (χ3n) is 4.73. The number of aromatic nitrogens is 2. The second-order valence-electron chi connectivity index (χ2n) is 12.1. The molecule has 0 radical (unpaired) electrons. The fourth-order valence-electron chi connectivity index (χ4n) is 3.27. The number of benzene rings is 2. The molecule has 1 N–H and O–H groups in total. The average Bonchev–Trinajstić information content (AvgIpc) is 3.45. The number of halogens is 2. The number of H-pyrrole nitrogens is 1. The van der Waals surface area contributed by atoms with Crippen LogP contribution in [-0.4, -0.2) is 44.8 Å². The lowest BCUT2D eigenvalue weighted by Crippen LogP contribution is -2.29. The van der Waals surface area contributed by atoms with Crippen LogP contribution >= 0.6 is 0 Å². The Morgan fingerprint density at radius 1 is 0.667 bits per heavy atom. The molecule has 0 aliphatic rings. The molecule has 0 unspecified atom stereocenters. The number of ether oxygens (including phenoxy) is 4. The SMILES string of the molecule is CC(C)(C)OC(=O)OC(=O)OC(C)(C)C.CC(C)(C)OC(=O)n1ccc2cccc(F)c21.Fc1cccc2cc[nH]c12. The normalized spacial score (nSPS) is 11.5. The molecule has 0 fully saturated rings. The summed E-state index contributed by atoms with van der Waals surface area (Å²) in [6.07, 6.45) is 0.557. The Hall–Kier alpha value is -4.41. The Labute approximate surface area is 243 Å². The average molecular weight is 589 g/mol. The third kappa shape index (κ3) is 11.2. The van der Waals surface area contributed by atoms with E-state index in [1.807, 2.05) is 12.1 Å². The van der Waals surface area contributed by atoms with E-state index >= 15 is 0 Å². The molecule has 228 valence electrons. The lowest BCUT2D eigenvalue weighted by Gasteiger charge is -2.20. The van der Waals surface area contributed by atoms with Gasteiger partial charge in [-0.2, -0.15) is 0 Å². The highest BCUT2D eigenvalue weighted by Gasteiger charge is 2.24. The molecule has 42 heavy (non-hydrogen) atoms. The smallest absolute Gasteiger partial charge is 0.443 e. The number of fused-ring (bicyclic) bond motifs is 2. The molecule has 0 saturated carbocycles. The van der Waals surface area contributed by atoms with E-state index in [-0.39, 0.29) is 11.3 Å². The van der Waals surface area contributed by atoms with E-state index in [0.29, 0.717) is 10.9 Å². The molecule has 0 atom stereocenters. The van der Waals surface area contributed by atoms with Crippen LogP contribution in [0.25, 0.3) is 21.8 Å². The van der Waals surface area contributed by atoms with Crippen LogP contribution in [0, 0.1) is 11.6 Å². The van der Waals surface area contributed by atoms with Gasteiger partial charge in [0, 0.05) is 23.2 Å². The summed E-state index contributed by atoms with van der Waals surface area (Å²) >= 11 is 0. The molecule has 4 aromatic rings. The van der Waals surface area contributed by atoms with Gasteiger partial charge in [-0.25, -0.2) is 27.7 Å². The molecule has 0 bridgehead atoms. The molecule has 0 aliphatic heterocycles. The van der Waals surface area contributed by atoms with Crippen LogP contribution in [0.5, 0.6) is 0 Å². The highest BCUT2D eigenvalue weighted by Crippen LogP contribution is 2.21. The molecular formula is C31H38F2N2O7. The van der Waals surface area contributed by atoms with Crippen molar-refractivity contribution in [2.24, 2.45) is 0 Å². The number of hydrogen-bond donors (Lipinski definition) is 1. The zero-order chi connectivity index (χ0) is 31.9. The molecule has 2 aromatic carbocycles. The molecule has 11 heteroatoms. The predicted molar refractivity (Wildman–Crippen MR) is 155 cm³/mol. The Bertz CT molecular complexity index is 1490. The van der Waals surface area contributed by atoms with Crippen LogP contribution in [0.4, 0.5) is 23.2 Å². The van der Waals surface area contributed by atoms with Crippen LogP contribution in [0.15, 0.2) is 60.9 Å². The second-order valence-corrected chi connectivity index (χ2v) is 12.1. The van der Waals surface area contributed by atoms with E-state index < -0.39 is 41.0 Å². The van der Waals surface area contributed by atoms with Gasteiger partial charge in [0.15, 0.2) is 0 Å². The molecule has 0 spiro atoms. The quantitative estimate of drug-likeness (QED) is 0.124. The van der Waals surface area contributed by atoms with Gasteiger partial charge in [-0.3, -0.25) is 0 Å². The topological polar surface area (TPSA) is 109 Å². The molecule has 0 saturated heterocycles. The summed E-state index contributed by atoms with van der Waals surface area (Å²) < 4.78 is 46.6. The minimum atomic E-state index is -1.06. The summed E-state index contributed by atoms with van der Waals surface area (Å²) in [6, 6.07) is 13.2. The van der Waals surface area contributed by atoms with E-state index in [1.165, 1.54) is 22.9 Å². The fraction of sp³-hybridized carbons (Fsp3) is 0.387. The van der Waals surface area contributed by atoms with Crippen molar-refractivity contribution in [3.05, 3.63) is 72.6 Å². The first kappa shape index (κ1) is 33.8. The van der Waals surface area contributed by atoms with Crippen molar-refractivity contribution in [3.8, 4) is 0 Å². The van der Waals surface area contributed by atoms with Gasteiger partial charge in [-0.15, -0.1) is 0 Å². The summed E-state index contributed by atoms with van der Waals surface area (Å²) in [5.74, 6) is -0.624. The van der Waals surface area contributed by atoms with Gasteiger partial charge >= 0.3 is 18.4 Å². The minimum Gasteiger partial charge on any atom is -0.443 e. The standard InChI is InChI=1S/C13H14FNO2.C10H18O5.C8H6FN/c1-13(2,3)17-12(16)15-8-7-9-5-4-6-10(14)11(9)15;1-9(2,3)14-7(11)13-8(12)15-10(4,5)6;9-7-3-1-2-6-4-5-10-8(6)7/h4-8H,1-3H3;1-6H3;1-5,10H. The summed E-state index contributed by atoms with van der Waals surface area (Å²) in [5.41, 5.74) is -1.15. The molecule has 4 rings (SSSR count). The van der Waals surface area contributed by atoms with Gasteiger partial charge in [0.05, 0.1) is 11.0 Å². The number of hydrogen-bond acceptors (Lipinski definition) is 7. The Kier molecular flexibility index (Phi) is 10.9. The maximum absolute atomic E-state index is 13.6. The monoisotopic (exact) mass is 588 g/mol. The number of nitrogens with one attached hydrogen (secondary N) is 1. The van der Waals surface area contributed by atoms with E-state index in [0.717, 1.165) is 5.39 Å². The summed E-state index contributed by atoms with van der Waals surface area (Å²) in [5, 5.41) is 1.59. The molecule has 2 aromatic heterocycles. The van der Waals surface area contributed by atoms with Gasteiger partial charge in [0.1, 0.15) is 28.4 Å². The van der Waals surface area contributed by atoms with E-state index in [4.69, 9.17) is 14.2 Å². The van der Waals surface area contributed by atoms with Gasteiger partial charge in [-0.1, -0.05) is 24.3 Å². The Balaban J connectivity index is 0.000000227. The van der Waals surface area contributed by atoms with Crippen molar-refractivity contribution in [1.29, 1.82) is 0 Å². The molecule has 2 heterocycles. The number of carbonyl (C=O) groups is 3. The predicted octanol–water partition coefficient (Wildman–Crippen LogP) is 8.74. The van der Waals surface area contributed by atoms with Crippen LogP contribution in [-0.2, 0) is 18.9 Å². The van der Waals surface area contributed by atoms with Crippen molar-refractivity contribution in [2.75, 3.05) is 0 Å². The highest BCUT2D eigenvalue weighted by atomic mass is 19.1. The Morgan fingerprint density at radius 3 is 1.67 bits per heavy atom. The maximum Gasteiger partial charge on any atom is 0.519 e.